The number of anilines is 1. The molecule has 0 bridgehead atoms. The third-order valence-corrected chi connectivity index (χ3v) is 3.62. The number of rotatable bonds is 5. The lowest BCUT2D eigenvalue weighted by atomic mass is 10.2. The van der Waals surface area contributed by atoms with Gasteiger partial charge in [0.15, 0.2) is 11.6 Å². The highest BCUT2D eigenvalue weighted by Gasteiger charge is 2.20. The molecule has 20 heavy (non-hydrogen) atoms. The number of hydrazine groups is 1. The third kappa shape index (κ3) is 2.91. The smallest absolute Gasteiger partial charge is 0.255 e. The first kappa shape index (κ1) is 14.4. The Morgan fingerprint density at radius 1 is 1.50 bits per heavy atom. The zero-order chi connectivity index (χ0) is 14.5. The number of amides is 1. The highest BCUT2D eigenvalue weighted by atomic mass is 32.1. The molecule has 2 rings (SSSR count). The van der Waals surface area contributed by atoms with Crippen LogP contribution in [0.4, 0.5) is 10.2 Å². The van der Waals surface area contributed by atoms with Crippen LogP contribution in [0.3, 0.4) is 0 Å². The number of hydrogen-bond donors (Lipinski definition) is 3. The van der Waals surface area contributed by atoms with E-state index in [0.717, 1.165) is 5.01 Å². The molecule has 0 aromatic carbocycles. The molecule has 106 valence electrons. The normalized spacial score (nSPS) is 11.9. The first-order chi connectivity index (χ1) is 9.67. The molecule has 0 radical (unpaired) electrons. The van der Waals surface area contributed by atoms with E-state index in [2.05, 4.69) is 20.7 Å². The van der Waals surface area contributed by atoms with E-state index < -0.39 is 11.7 Å². The Kier molecular flexibility index (Phi) is 4.59. The summed E-state index contributed by atoms with van der Waals surface area (Å²) in [6.45, 7) is 1.92. The molecule has 2 heterocycles. The number of thiazole rings is 1. The second kappa shape index (κ2) is 6.40. The lowest BCUT2D eigenvalue weighted by molar-refractivity contribution is 0.0931. The molecule has 1 atom stereocenters. The number of hydrogen-bond acceptors (Lipinski definition) is 6. The van der Waals surface area contributed by atoms with E-state index in [-0.39, 0.29) is 17.4 Å². The molecule has 6 nitrogen and oxygen atoms in total. The number of aromatic nitrogens is 2. The van der Waals surface area contributed by atoms with Crippen LogP contribution in [0.25, 0.3) is 0 Å². The standard InChI is InChI=1S/C12H14FN5OS/c1-2-8(12-16-5-6-20-12)17-11(19)7-3-4-15-10(18-14)9(7)13/h3-6,8H,2,14H2,1H3,(H,15,18)(H,17,19). The predicted molar refractivity (Wildman–Crippen MR) is 74.6 cm³/mol. The molecule has 1 amide bonds. The summed E-state index contributed by atoms with van der Waals surface area (Å²) in [6, 6.07) is 1.06. The van der Waals surface area contributed by atoms with Crippen LogP contribution in [0.15, 0.2) is 23.8 Å². The predicted octanol–water partition coefficient (Wildman–Crippen LogP) is 1.84. The summed E-state index contributed by atoms with van der Waals surface area (Å²) in [5.41, 5.74) is 2.00. The maximum absolute atomic E-state index is 13.9. The monoisotopic (exact) mass is 295 g/mol. The van der Waals surface area contributed by atoms with Gasteiger partial charge in [-0.2, -0.15) is 0 Å². The summed E-state index contributed by atoms with van der Waals surface area (Å²) >= 11 is 1.44. The second-order valence-corrected chi connectivity index (χ2v) is 4.90. The Bertz CT molecular complexity index is 590. The number of nitrogens with one attached hydrogen (secondary N) is 2. The van der Waals surface area contributed by atoms with Crippen molar-refractivity contribution in [3.8, 4) is 0 Å². The van der Waals surface area contributed by atoms with Crippen LogP contribution in [-0.4, -0.2) is 15.9 Å². The Balaban J connectivity index is 2.19. The van der Waals surface area contributed by atoms with Crippen molar-refractivity contribution in [2.24, 2.45) is 5.84 Å². The van der Waals surface area contributed by atoms with Gasteiger partial charge in [-0.25, -0.2) is 20.2 Å². The van der Waals surface area contributed by atoms with Gasteiger partial charge in [-0.15, -0.1) is 11.3 Å². The SMILES string of the molecule is CCC(NC(=O)c1ccnc(NN)c1F)c1nccs1. The maximum atomic E-state index is 13.9. The van der Waals surface area contributed by atoms with Crippen molar-refractivity contribution < 1.29 is 9.18 Å². The molecule has 0 fully saturated rings. The first-order valence-electron chi connectivity index (χ1n) is 5.98. The number of nitrogen functional groups attached to an aromatic ring is 1. The van der Waals surface area contributed by atoms with E-state index in [1.165, 1.54) is 23.6 Å². The van der Waals surface area contributed by atoms with Gasteiger partial charge in [0.05, 0.1) is 11.6 Å². The van der Waals surface area contributed by atoms with Crippen molar-refractivity contribution in [3.63, 3.8) is 0 Å². The van der Waals surface area contributed by atoms with E-state index in [0.29, 0.717) is 6.42 Å². The molecule has 0 saturated heterocycles. The molecule has 2 aromatic heterocycles. The van der Waals surface area contributed by atoms with Gasteiger partial charge in [-0.3, -0.25) is 4.79 Å². The molecule has 2 aromatic rings. The van der Waals surface area contributed by atoms with Gasteiger partial charge in [0.1, 0.15) is 5.01 Å². The lowest BCUT2D eigenvalue weighted by Crippen LogP contribution is -2.29. The minimum Gasteiger partial charge on any atom is -0.343 e. The molecule has 0 aliphatic rings. The molecular formula is C12H14FN5OS. The summed E-state index contributed by atoms with van der Waals surface area (Å²) in [4.78, 5) is 20.0. The minimum atomic E-state index is -0.776. The molecule has 1 unspecified atom stereocenters. The number of halogens is 1. The van der Waals surface area contributed by atoms with Gasteiger partial charge in [0, 0.05) is 17.8 Å². The van der Waals surface area contributed by atoms with Gasteiger partial charge < -0.3 is 10.7 Å². The highest BCUT2D eigenvalue weighted by Crippen LogP contribution is 2.20. The lowest BCUT2D eigenvalue weighted by Gasteiger charge is -2.15. The summed E-state index contributed by atoms with van der Waals surface area (Å²) in [6.07, 6.45) is 3.64. The molecule has 0 aliphatic heterocycles. The summed E-state index contributed by atoms with van der Waals surface area (Å²) in [7, 11) is 0. The average Bonchev–Trinajstić information content (AvgIpc) is 2.98. The van der Waals surface area contributed by atoms with Crippen LogP contribution in [0.2, 0.25) is 0 Å². The van der Waals surface area contributed by atoms with Crippen LogP contribution >= 0.6 is 11.3 Å². The number of nitrogens with zero attached hydrogens (tertiary/aromatic N) is 2. The van der Waals surface area contributed by atoms with E-state index in [1.54, 1.807) is 6.20 Å². The summed E-state index contributed by atoms with van der Waals surface area (Å²) in [5, 5.41) is 5.36. The van der Waals surface area contributed by atoms with E-state index in [4.69, 9.17) is 5.84 Å². The fourth-order valence-corrected chi connectivity index (χ4v) is 2.47. The van der Waals surface area contributed by atoms with Crippen molar-refractivity contribution in [2.45, 2.75) is 19.4 Å². The van der Waals surface area contributed by atoms with E-state index >= 15 is 0 Å². The van der Waals surface area contributed by atoms with Crippen LogP contribution in [-0.2, 0) is 0 Å². The van der Waals surface area contributed by atoms with E-state index in [1.807, 2.05) is 12.3 Å². The molecule has 0 saturated carbocycles. The Hall–Kier alpha value is -2.06. The summed E-state index contributed by atoms with van der Waals surface area (Å²) in [5.74, 6) is 3.66. The Morgan fingerprint density at radius 2 is 2.30 bits per heavy atom. The highest BCUT2D eigenvalue weighted by molar-refractivity contribution is 7.09. The van der Waals surface area contributed by atoms with Crippen LogP contribution in [0.5, 0.6) is 0 Å². The Morgan fingerprint density at radius 3 is 2.90 bits per heavy atom. The van der Waals surface area contributed by atoms with Gasteiger partial charge in [-0.1, -0.05) is 6.92 Å². The zero-order valence-electron chi connectivity index (χ0n) is 10.8. The van der Waals surface area contributed by atoms with Crippen LogP contribution in [0, 0.1) is 5.82 Å². The van der Waals surface area contributed by atoms with Gasteiger partial charge in [0.25, 0.3) is 5.91 Å². The number of nitrogens with two attached hydrogens (primary N) is 1. The quantitative estimate of drug-likeness (QED) is 0.578. The number of pyridine rings is 1. The third-order valence-electron chi connectivity index (χ3n) is 2.73. The molecule has 0 aliphatic carbocycles. The molecule has 0 spiro atoms. The van der Waals surface area contributed by atoms with Gasteiger partial charge >= 0.3 is 0 Å². The largest absolute Gasteiger partial charge is 0.343 e. The van der Waals surface area contributed by atoms with Gasteiger partial charge in [-0.05, 0) is 12.5 Å². The molecule has 4 N–H and O–H groups in total. The second-order valence-electron chi connectivity index (χ2n) is 3.97. The fourth-order valence-electron chi connectivity index (χ4n) is 1.70. The number of carbonyl (C=O) groups excluding carboxylic acids is 1. The van der Waals surface area contributed by atoms with E-state index in [9.17, 15) is 9.18 Å². The van der Waals surface area contributed by atoms with Crippen LogP contribution < -0.4 is 16.6 Å². The van der Waals surface area contributed by atoms with Crippen LogP contribution in [0.1, 0.15) is 34.8 Å². The fraction of sp³-hybridized carbons (Fsp3) is 0.250. The van der Waals surface area contributed by atoms with Crippen molar-refractivity contribution in [1.29, 1.82) is 0 Å². The summed E-state index contributed by atoms with van der Waals surface area (Å²) < 4.78 is 13.9. The maximum Gasteiger partial charge on any atom is 0.255 e. The zero-order valence-corrected chi connectivity index (χ0v) is 11.6. The van der Waals surface area contributed by atoms with Gasteiger partial charge in [0.2, 0.25) is 0 Å². The molecule has 8 heteroatoms. The number of carbonyl (C=O) groups is 1. The minimum absolute atomic E-state index is 0.108. The van der Waals surface area contributed by atoms with Crippen molar-refractivity contribution in [3.05, 3.63) is 40.2 Å². The Labute approximate surface area is 119 Å². The van der Waals surface area contributed by atoms with Crippen molar-refractivity contribution in [1.82, 2.24) is 15.3 Å². The van der Waals surface area contributed by atoms with Crippen molar-refractivity contribution >= 4 is 23.1 Å². The first-order valence-corrected chi connectivity index (χ1v) is 6.86. The molecular weight excluding hydrogens is 281 g/mol. The average molecular weight is 295 g/mol. The van der Waals surface area contributed by atoms with Crippen molar-refractivity contribution in [2.75, 3.05) is 5.43 Å². The topological polar surface area (TPSA) is 92.9 Å².